The van der Waals surface area contributed by atoms with E-state index in [0.717, 1.165) is 77.0 Å². The molecule has 0 aromatic heterocycles. The zero-order valence-corrected chi connectivity index (χ0v) is 25.5. The van der Waals surface area contributed by atoms with Crippen LogP contribution in [0.2, 0.25) is 0 Å². The van der Waals surface area contributed by atoms with Crippen LogP contribution >= 0.6 is 0 Å². The van der Waals surface area contributed by atoms with Gasteiger partial charge in [-0.1, -0.05) is 99.3 Å². The number of carbonyl (C=O) groups excluding carboxylic acids is 3. The van der Waals surface area contributed by atoms with Gasteiger partial charge in [0.1, 0.15) is 0 Å². The van der Waals surface area contributed by atoms with Crippen molar-refractivity contribution in [1.82, 2.24) is 0 Å². The van der Waals surface area contributed by atoms with Crippen LogP contribution in [-0.4, -0.2) is 37.7 Å². The van der Waals surface area contributed by atoms with Gasteiger partial charge in [0.25, 0.3) is 0 Å². The number of esters is 3. The fourth-order valence-electron chi connectivity index (χ4n) is 4.53. The molecular weight excluding hydrogens is 492 g/mol. The Kier molecular flexibility index (Phi) is 18.2. The van der Waals surface area contributed by atoms with Crippen LogP contribution in [0.15, 0.2) is 18.2 Å². The number of carbonyl (C=O) groups is 3. The molecule has 0 amide bonds. The van der Waals surface area contributed by atoms with Gasteiger partial charge in [-0.25, -0.2) is 14.4 Å². The van der Waals surface area contributed by atoms with Crippen molar-refractivity contribution in [2.45, 2.75) is 119 Å². The van der Waals surface area contributed by atoms with E-state index >= 15 is 0 Å². The van der Waals surface area contributed by atoms with Crippen molar-refractivity contribution in [3.8, 4) is 0 Å². The second-order valence-corrected chi connectivity index (χ2v) is 10.8. The highest BCUT2D eigenvalue weighted by atomic mass is 16.5. The van der Waals surface area contributed by atoms with Gasteiger partial charge in [0.2, 0.25) is 0 Å². The summed E-state index contributed by atoms with van der Waals surface area (Å²) >= 11 is 0. The fourth-order valence-corrected chi connectivity index (χ4v) is 4.53. The van der Waals surface area contributed by atoms with E-state index in [1.807, 2.05) is 0 Å². The molecule has 0 unspecified atom stereocenters. The molecule has 1 rings (SSSR count). The molecule has 1 aromatic carbocycles. The SMILES string of the molecule is CCCC[C@@H](CC)COC(=O)c1cc(C(=O)OC[C@@H](CC)CCCC)ccc1C(=O)OC[C@@H](CC)CCCC. The average molecular weight is 547 g/mol. The van der Waals surface area contributed by atoms with Gasteiger partial charge in [-0.3, -0.25) is 0 Å². The van der Waals surface area contributed by atoms with E-state index in [4.69, 9.17) is 14.2 Å². The predicted molar refractivity (Wildman–Crippen MR) is 157 cm³/mol. The quantitative estimate of drug-likeness (QED) is 0.113. The molecule has 0 bridgehead atoms. The highest BCUT2D eigenvalue weighted by Crippen LogP contribution is 2.21. The monoisotopic (exact) mass is 546 g/mol. The number of hydrogen-bond donors (Lipinski definition) is 0. The third kappa shape index (κ3) is 13.0. The average Bonchev–Trinajstić information content (AvgIpc) is 2.96. The minimum atomic E-state index is -0.612. The van der Waals surface area contributed by atoms with E-state index in [0.29, 0.717) is 19.1 Å². The van der Waals surface area contributed by atoms with Crippen molar-refractivity contribution < 1.29 is 28.6 Å². The van der Waals surface area contributed by atoms with Gasteiger partial charge in [-0.15, -0.1) is 0 Å². The van der Waals surface area contributed by atoms with Gasteiger partial charge in [-0.2, -0.15) is 0 Å². The molecule has 1 aromatic rings. The Hall–Kier alpha value is -2.37. The standard InChI is InChI=1S/C33H54O6/c1-7-13-16-25(10-4)22-37-31(34)28-19-20-29(32(35)38-23-26(11-5)17-14-8-2)30(21-28)33(36)39-24-27(12-6)18-15-9-3/h19-21,25-27H,7-18,22-24H2,1-6H3/t25-,26-,27+/m0/s1. The Balaban J connectivity index is 3.10. The second kappa shape index (κ2) is 20.5. The van der Waals surface area contributed by atoms with Gasteiger partial charge in [0.05, 0.1) is 36.5 Å². The van der Waals surface area contributed by atoms with Gasteiger partial charge >= 0.3 is 17.9 Å². The Morgan fingerprint density at radius 3 is 1.33 bits per heavy atom. The first-order chi connectivity index (χ1) is 18.8. The minimum absolute atomic E-state index is 0.0550. The zero-order valence-electron chi connectivity index (χ0n) is 25.5. The molecular formula is C33H54O6. The summed E-state index contributed by atoms with van der Waals surface area (Å²) in [4.78, 5) is 39.2. The predicted octanol–water partition coefficient (Wildman–Crippen LogP) is 8.81. The van der Waals surface area contributed by atoms with Crippen LogP contribution in [0.4, 0.5) is 0 Å². The maximum Gasteiger partial charge on any atom is 0.339 e. The smallest absolute Gasteiger partial charge is 0.339 e. The van der Waals surface area contributed by atoms with E-state index in [1.165, 1.54) is 18.2 Å². The summed E-state index contributed by atoms with van der Waals surface area (Å²) in [6, 6.07) is 4.45. The highest BCUT2D eigenvalue weighted by Gasteiger charge is 2.24. The molecule has 0 N–H and O–H groups in total. The Labute approximate surface area is 237 Å². The van der Waals surface area contributed by atoms with Crippen molar-refractivity contribution in [2.75, 3.05) is 19.8 Å². The van der Waals surface area contributed by atoms with Crippen molar-refractivity contribution in [2.24, 2.45) is 17.8 Å². The minimum Gasteiger partial charge on any atom is -0.462 e. The largest absolute Gasteiger partial charge is 0.462 e. The van der Waals surface area contributed by atoms with Crippen LogP contribution in [0.25, 0.3) is 0 Å². The molecule has 3 atom stereocenters. The van der Waals surface area contributed by atoms with Crippen molar-refractivity contribution >= 4 is 17.9 Å². The summed E-state index contributed by atoms with van der Waals surface area (Å²) in [6.07, 6.45) is 12.3. The Morgan fingerprint density at radius 1 is 0.564 bits per heavy atom. The Bertz CT molecular complexity index is 849. The van der Waals surface area contributed by atoms with E-state index in [2.05, 4.69) is 41.5 Å². The molecule has 39 heavy (non-hydrogen) atoms. The van der Waals surface area contributed by atoms with Crippen molar-refractivity contribution in [3.63, 3.8) is 0 Å². The molecule has 0 spiro atoms. The van der Waals surface area contributed by atoms with Gasteiger partial charge < -0.3 is 14.2 Å². The topological polar surface area (TPSA) is 78.9 Å². The lowest BCUT2D eigenvalue weighted by molar-refractivity contribution is 0.0379. The molecule has 0 saturated heterocycles. The summed E-state index contributed by atoms with van der Waals surface area (Å²) < 4.78 is 16.9. The first-order valence-electron chi connectivity index (χ1n) is 15.5. The van der Waals surface area contributed by atoms with E-state index in [9.17, 15) is 14.4 Å². The molecule has 6 nitrogen and oxygen atoms in total. The first-order valence-corrected chi connectivity index (χ1v) is 15.5. The first kappa shape index (κ1) is 34.7. The molecule has 0 aliphatic carbocycles. The lowest BCUT2D eigenvalue weighted by Crippen LogP contribution is -2.20. The number of unbranched alkanes of at least 4 members (excludes halogenated alkanes) is 3. The van der Waals surface area contributed by atoms with Gasteiger partial charge in [-0.05, 0) is 55.2 Å². The summed E-state index contributed by atoms with van der Waals surface area (Å²) in [5, 5.41) is 0. The number of rotatable bonds is 21. The zero-order chi connectivity index (χ0) is 29.0. The molecule has 0 heterocycles. The Morgan fingerprint density at radius 2 is 0.949 bits per heavy atom. The third-order valence-corrected chi connectivity index (χ3v) is 7.68. The molecule has 0 aliphatic heterocycles. The summed E-state index contributed by atoms with van der Waals surface area (Å²) in [6.45, 7) is 13.6. The lowest BCUT2D eigenvalue weighted by atomic mass is 10.00. The molecule has 0 radical (unpaired) electrons. The van der Waals surface area contributed by atoms with Crippen LogP contribution in [0.1, 0.15) is 150 Å². The van der Waals surface area contributed by atoms with Crippen LogP contribution in [0, 0.1) is 17.8 Å². The molecule has 0 fully saturated rings. The number of ether oxygens (including phenoxy) is 3. The van der Waals surface area contributed by atoms with Crippen molar-refractivity contribution in [3.05, 3.63) is 34.9 Å². The molecule has 0 saturated carbocycles. The van der Waals surface area contributed by atoms with E-state index in [1.54, 1.807) is 0 Å². The fraction of sp³-hybridized carbons (Fsp3) is 0.727. The van der Waals surface area contributed by atoms with E-state index in [-0.39, 0.29) is 35.1 Å². The molecule has 0 aliphatic rings. The number of benzene rings is 1. The van der Waals surface area contributed by atoms with Crippen LogP contribution < -0.4 is 0 Å². The summed E-state index contributed by atoms with van der Waals surface area (Å²) in [5.41, 5.74) is 0.411. The summed E-state index contributed by atoms with van der Waals surface area (Å²) in [7, 11) is 0. The normalized spacial score (nSPS) is 13.4. The highest BCUT2D eigenvalue weighted by molar-refractivity contribution is 6.05. The second-order valence-electron chi connectivity index (χ2n) is 10.8. The maximum absolute atomic E-state index is 13.2. The number of hydrogen-bond acceptors (Lipinski definition) is 6. The van der Waals surface area contributed by atoms with Crippen molar-refractivity contribution in [1.29, 1.82) is 0 Å². The lowest BCUT2D eigenvalue weighted by Gasteiger charge is -2.18. The van der Waals surface area contributed by atoms with Crippen LogP contribution in [0.3, 0.4) is 0 Å². The molecule has 222 valence electrons. The van der Waals surface area contributed by atoms with Crippen LogP contribution in [0.5, 0.6) is 0 Å². The molecule has 6 heteroatoms. The maximum atomic E-state index is 13.2. The van der Waals surface area contributed by atoms with Crippen LogP contribution in [-0.2, 0) is 14.2 Å². The van der Waals surface area contributed by atoms with E-state index < -0.39 is 17.9 Å². The third-order valence-electron chi connectivity index (χ3n) is 7.68. The van der Waals surface area contributed by atoms with Gasteiger partial charge in [0, 0.05) is 0 Å². The summed E-state index contributed by atoms with van der Waals surface area (Å²) in [5.74, 6) is -0.837. The van der Waals surface area contributed by atoms with Gasteiger partial charge in [0.15, 0.2) is 0 Å².